The quantitative estimate of drug-likeness (QED) is 0.834. The third-order valence-corrected chi connectivity index (χ3v) is 3.25. The molecule has 0 radical (unpaired) electrons. The van der Waals surface area contributed by atoms with E-state index in [9.17, 15) is 5.11 Å². The van der Waals surface area contributed by atoms with Crippen LogP contribution in [0.15, 0.2) is 28.8 Å². The Balaban J connectivity index is 1.92. The van der Waals surface area contributed by atoms with Gasteiger partial charge in [-0.25, -0.2) is 0 Å². The second-order valence-corrected chi connectivity index (χ2v) is 4.45. The van der Waals surface area contributed by atoms with Crippen LogP contribution in [0.4, 0.5) is 0 Å². The van der Waals surface area contributed by atoms with Crippen LogP contribution in [-0.2, 0) is 5.41 Å². The molecule has 1 aliphatic rings. The van der Waals surface area contributed by atoms with E-state index in [0.29, 0.717) is 18.3 Å². The van der Waals surface area contributed by atoms with E-state index >= 15 is 0 Å². The number of rotatable bonds is 3. The lowest BCUT2D eigenvalue weighted by Crippen LogP contribution is -2.19. The number of nitrogens with zero attached hydrogens (tertiary/aromatic N) is 2. The average molecular weight is 231 g/mol. The molecule has 0 aliphatic heterocycles. The topological polar surface area (TPSA) is 85.2 Å². The van der Waals surface area contributed by atoms with Gasteiger partial charge in [0.1, 0.15) is 5.75 Å². The van der Waals surface area contributed by atoms with Crippen molar-refractivity contribution in [3.05, 3.63) is 30.2 Å². The van der Waals surface area contributed by atoms with Crippen molar-refractivity contribution in [2.45, 2.75) is 18.3 Å². The van der Waals surface area contributed by atoms with Gasteiger partial charge in [0.2, 0.25) is 11.7 Å². The van der Waals surface area contributed by atoms with Gasteiger partial charge in [-0.2, -0.15) is 4.98 Å². The molecule has 0 spiro atoms. The number of phenols is 1. The van der Waals surface area contributed by atoms with Gasteiger partial charge in [-0.05, 0) is 37.1 Å². The summed E-state index contributed by atoms with van der Waals surface area (Å²) in [4.78, 5) is 4.38. The Hall–Kier alpha value is -1.88. The minimum absolute atomic E-state index is 0.0812. The maximum absolute atomic E-state index is 9.21. The van der Waals surface area contributed by atoms with E-state index in [4.69, 9.17) is 10.3 Å². The predicted molar refractivity (Wildman–Crippen MR) is 61.4 cm³/mol. The molecule has 5 heteroatoms. The van der Waals surface area contributed by atoms with Crippen molar-refractivity contribution >= 4 is 0 Å². The van der Waals surface area contributed by atoms with Crippen LogP contribution in [-0.4, -0.2) is 21.8 Å². The van der Waals surface area contributed by atoms with E-state index in [-0.39, 0.29) is 11.2 Å². The summed E-state index contributed by atoms with van der Waals surface area (Å²) in [6, 6.07) is 6.71. The zero-order valence-electron chi connectivity index (χ0n) is 9.26. The highest BCUT2D eigenvalue weighted by molar-refractivity contribution is 5.55. The van der Waals surface area contributed by atoms with E-state index in [1.807, 2.05) is 0 Å². The first-order valence-electron chi connectivity index (χ1n) is 5.57. The molecule has 0 bridgehead atoms. The van der Waals surface area contributed by atoms with Crippen molar-refractivity contribution < 1.29 is 9.63 Å². The molecule has 1 aromatic heterocycles. The summed E-state index contributed by atoms with van der Waals surface area (Å²) >= 11 is 0. The number of hydrogen-bond donors (Lipinski definition) is 2. The first-order chi connectivity index (χ1) is 8.23. The van der Waals surface area contributed by atoms with Crippen molar-refractivity contribution in [3.63, 3.8) is 0 Å². The number of aromatic nitrogens is 2. The van der Waals surface area contributed by atoms with Crippen LogP contribution in [0.3, 0.4) is 0 Å². The van der Waals surface area contributed by atoms with Gasteiger partial charge in [-0.3, -0.25) is 0 Å². The summed E-state index contributed by atoms with van der Waals surface area (Å²) in [5, 5.41) is 13.2. The van der Waals surface area contributed by atoms with Crippen molar-refractivity contribution in [1.82, 2.24) is 10.1 Å². The van der Waals surface area contributed by atoms with Gasteiger partial charge in [-0.15, -0.1) is 0 Å². The molecule has 0 saturated heterocycles. The lowest BCUT2D eigenvalue weighted by molar-refractivity contribution is 0.347. The SMILES string of the molecule is NCC1(c2nc(-c3ccc(O)cc3)no2)CC1. The highest BCUT2D eigenvalue weighted by atomic mass is 16.5. The molecule has 0 amide bonds. The number of hydrogen-bond acceptors (Lipinski definition) is 5. The van der Waals surface area contributed by atoms with Crippen LogP contribution in [0, 0.1) is 0 Å². The zero-order valence-corrected chi connectivity index (χ0v) is 9.26. The zero-order chi connectivity index (χ0) is 11.9. The fraction of sp³-hybridized carbons (Fsp3) is 0.333. The Bertz CT molecular complexity index is 529. The van der Waals surface area contributed by atoms with Gasteiger partial charge in [0.15, 0.2) is 0 Å². The van der Waals surface area contributed by atoms with Crippen LogP contribution in [0.2, 0.25) is 0 Å². The molecule has 1 aromatic carbocycles. The lowest BCUT2D eigenvalue weighted by atomic mass is 10.1. The summed E-state index contributed by atoms with van der Waals surface area (Å²) in [7, 11) is 0. The monoisotopic (exact) mass is 231 g/mol. The Labute approximate surface area is 98.3 Å². The second kappa shape index (κ2) is 3.56. The molecule has 5 nitrogen and oxygen atoms in total. The predicted octanol–water partition coefficient (Wildman–Crippen LogP) is 1.43. The van der Waals surface area contributed by atoms with Crippen LogP contribution in [0.1, 0.15) is 18.7 Å². The van der Waals surface area contributed by atoms with Crippen LogP contribution >= 0.6 is 0 Å². The van der Waals surface area contributed by atoms with Crippen LogP contribution in [0.25, 0.3) is 11.4 Å². The van der Waals surface area contributed by atoms with Crippen LogP contribution < -0.4 is 5.73 Å². The van der Waals surface area contributed by atoms with Crippen molar-refractivity contribution in [2.75, 3.05) is 6.54 Å². The normalized spacial score (nSPS) is 17.0. The summed E-state index contributed by atoms with van der Waals surface area (Å²) in [5.41, 5.74) is 6.45. The summed E-state index contributed by atoms with van der Waals surface area (Å²) in [6.45, 7) is 0.546. The molecule has 3 rings (SSSR count). The standard InChI is InChI=1S/C12H13N3O2/c13-7-12(5-6-12)11-14-10(15-17-11)8-1-3-9(16)4-2-8/h1-4,16H,5-7,13H2. The maximum Gasteiger partial charge on any atom is 0.234 e. The molecule has 1 fully saturated rings. The molecule has 88 valence electrons. The number of benzene rings is 1. The molecular formula is C12H13N3O2. The second-order valence-electron chi connectivity index (χ2n) is 4.45. The summed E-state index contributed by atoms with van der Waals surface area (Å²) in [5.74, 6) is 1.39. The number of nitrogens with two attached hydrogens (primary N) is 1. The maximum atomic E-state index is 9.21. The smallest absolute Gasteiger partial charge is 0.234 e. The van der Waals surface area contributed by atoms with E-state index in [0.717, 1.165) is 18.4 Å². The molecule has 1 aliphatic carbocycles. The molecule has 0 unspecified atom stereocenters. The van der Waals surface area contributed by atoms with Crippen molar-refractivity contribution in [3.8, 4) is 17.1 Å². The third kappa shape index (κ3) is 1.68. The van der Waals surface area contributed by atoms with E-state index in [2.05, 4.69) is 10.1 Å². The Kier molecular flexibility index (Phi) is 2.16. The molecular weight excluding hydrogens is 218 g/mol. The molecule has 3 N–H and O–H groups in total. The third-order valence-electron chi connectivity index (χ3n) is 3.25. The van der Waals surface area contributed by atoms with Crippen molar-refractivity contribution in [1.29, 1.82) is 0 Å². The highest BCUT2D eigenvalue weighted by Gasteiger charge is 2.48. The molecule has 17 heavy (non-hydrogen) atoms. The molecule has 0 atom stereocenters. The lowest BCUT2D eigenvalue weighted by Gasteiger charge is -2.03. The van der Waals surface area contributed by atoms with Gasteiger partial charge in [0, 0.05) is 12.1 Å². The summed E-state index contributed by atoms with van der Waals surface area (Å²) in [6.07, 6.45) is 2.03. The van der Waals surface area contributed by atoms with E-state index in [1.54, 1.807) is 24.3 Å². The fourth-order valence-corrected chi connectivity index (χ4v) is 1.82. The van der Waals surface area contributed by atoms with Gasteiger partial charge >= 0.3 is 0 Å². The first-order valence-corrected chi connectivity index (χ1v) is 5.57. The average Bonchev–Trinajstić information content (AvgIpc) is 3.00. The molecule has 2 aromatic rings. The fourth-order valence-electron chi connectivity index (χ4n) is 1.82. The van der Waals surface area contributed by atoms with Gasteiger partial charge in [-0.1, -0.05) is 5.16 Å². The number of aromatic hydroxyl groups is 1. The number of phenolic OH excluding ortho intramolecular Hbond substituents is 1. The van der Waals surface area contributed by atoms with E-state index < -0.39 is 0 Å². The molecule has 1 saturated carbocycles. The van der Waals surface area contributed by atoms with Crippen molar-refractivity contribution in [2.24, 2.45) is 5.73 Å². The minimum atomic E-state index is -0.0812. The van der Waals surface area contributed by atoms with Gasteiger partial charge < -0.3 is 15.4 Å². The minimum Gasteiger partial charge on any atom is -0.508 e. The highest BCUT2D eigenvalue weighted by Crippen LogP contribution is 2.46. The molecule has 1 heterocycles. The largest absolute Gasteiger partial charge is 0.508 e. The van der Waals surface area contributed by atoms with E-state index in [1.165, 1.54) is 0 Å². The Morgan fingerprint density at radius 3 is 2.59 bits per heavy atom. The Morgan fingerprint density at radius 1 is 1.29 bits per heavy atom. The Morgan fingerprint density at radius 2 is 2.00 bits per heavy atom. The first kappa shape index (κ1) is 10.3. The summed E-state index contributed by atoms with van der Waals surface area (Å²) < 4.78 is 5.26. The van der Waals surface area contributed by atoms with Gasteiger partial charge in [0.05, 0.1) is 5.41 Å². The van der Waals surface area contributed by atoms with Gasteiger partial charge in [0.25, 0.3) is 0 Å². The van der Waals surface area contributed by atoms with Crippen LogP contribution in [0.5, 0.6) is 5.75 Å².